The Morgan fingerprint density at radius 2 is 2.32 bits per heavy atom. The summed E-state index contributed by atoms with van der Waals surface area (Å²) >= 11 is 3.45. The molecule has 0 saturated carbocycles. The average molecular weight is 320 g/mol. The second-order valence-electron chi connectivity index (χ2n) is 3.88. The zero-order valence-corrected chi connectivity index (χ0v) is 11.9. The molecule has 1 aromatic heterocycles. The number of aromatic nitrogens is 2. The van der Waals surface area contributed by atoms with Gasteiger partial charge in [-0.25, -0.2) is 4.98 Å². The lowest BCUT2D eigenvalue weighted by Gasteiger charge is -2.10. The average Bonchev–Trinajstić information content (AvgIpc) is 2.91. The quantitative estimate of drug-likeness (QED) is 0.804. The van der Waals surface area contributed by atoms with Crippen molar-refractivity contribution in [3.05, 3.63) is 46.5 Å². The summed E-state index contributed by atoms with van der Waals surface area (Å²) in [6.07, 6.45) is 8.75. The van der Waals surface area contributed by atoms with Gasteiger partial charge in [-0.2, -0.15) is 0 Å². The second-order valence-corrected chi connectivity index (χ2v) is 4.80. The Morgan fingerprint density at radius 3 is 3.05 bits per heavy atom. The van der Waals surface area contributed by atoms with E-state index in [4.69, 9.17) is 11.2 Å². The van der Waals surface area contributed by atoms with Crippen LogP contribution in [0.15, 0.2) is 35.1 Å². The van der Waals surface area contributed by atoms with E-state index in [1.807, 2.05) is 18.2 Å². The predicted octanol–water partition coefficient (Wildman–Crippen LogP) is 2.47. The number of aromatic amines is 1. The Balaban J connectivity index is 1.97. The molecule has 98 valence electrons. The Labute approximate surface area is 120 Å². The normalized spacial score (nSPS) is 10.1. The number of halogens is 1. The number of ether oxygens (including phenoxy) is 1. The maximum atomic E-state index is 5.51. The SMILES string of the molecule is C#CCOc1ccc(Br)cc1CNCc1ncc[nH]1. The molecule has 19 heavy (non-hydrogen) atoms. The van der Waals surface area contributed by atoms with Crippen molar-refractivity contribution in [1.29, 1.82) is 0 Å². The molecule has 4 nitrogen and oxygen atoms in total. The molecular formula is C14H14BrN3O. The van der Waals surface area contributed by atoms with Gasteiger partial charge in [-0.05, 0) is 18.2 Å². The van der Waals surface area contributed by atoms with Crippen LogP contribution in [0.2, 0.25) is 0 Å². The summed E-state index contributed by atoms with van der Waals surface area (Å²) in [7, 11) is 0. The third kappa shape index (κ3) is 4.12. The van der Waals surface area contributed by atoms with Crippen LogP contribution < -0.4 is 10.1 Å². The van der Waals surface area contributed by atoms with E-state index in [-0.39, 0.29) is 6.61 Å². The highest BCUT2D eigenvalue weighted by atomic mass is 79.9. The number of hydrogen-bond acceptors (Lipinski definition) is 3. The molecule has 0 unspecified atom stereocenters. The van der Waals surface area contributed by atoms with Crippen LogP contribution in [0.3, 0.4) is 0 Å². The molecule has 0 aliphatic carbocycles. The number of nitrogens with one attached hydrogen (secondary N) is 2. The first-order valence-electron chi connectivity index (χ1n) is 5.83. The highest BCUT2D eigenvalue weighted by molar-refractivity contribution is 9.10. The van der Waals surface area contributed by atoms with E-state index >= 15 is 0 Å². The lowest BCUT2D eigenvalue weighted by Crippen LogP contribution is -2.14. The van der Waals surface area contributed by atoms with Gasteiger partial charge in [0.05, 0.1) is 6.54 Å². The third-order valence-corrected chi connectivity index (χ3v) is 2.99. The van der Waals surface area contributed by atoms with Crippen LogP contribution in [-0.2, 0) is 13.1 Å². The number of rotatable bonds is 6. The summed E-state index contributed by atoms with van der Waals surface area (Å²) in [4.78, 5) is 7.19. The van der Waals surface area contributed by atoms with E-state index in [1.165, 1.54) is 0 Å². The molecule has 0 spiro atoms. The van der Waals surface area contributed by atoms with Crippen LogP contribution in [0, 0.1) is 12.3 Å². The number of H-pyrrole nitrogens is 1. The van der Waals surface area contributed by atoms with Gasteiger partial charge >= 0.3 is 0 Å². The highest BCUT2D eigenvalue weighted by Gasteiger charge is 2.04. The lowest BCUT2D eigenvalue weighted by molar-refractivity contribution is 0.364. The second kappa shape index (κ2) is 6.98. The summed E-state index contributed by atoms with van der Waals surface area (Å²) in [5.74, 6) is 4.17. The first-order chi connectivity index (χ1) is 9.29. The number of terminal acetylenes is 1. The fourth-order valence-corrected chi connectivity index (χ4v) is 2.07. The van der Waals surface area contributed by atoms with Gasteiger partial charge < -0.3 is 15.0 Å². The van der Waals surface area contributed by atoms with Gasteiger partial charge in [0.25, 0.3) is 0 Å². The van der Waals surface area contributed by atoms with Gasteiger partial charge in [-0.15, -0.1) is 6.42 Å². The van der Waals surface area contributed by atoms with E-state index in [0.717, 1.165) is 21.6 Å². The molecule has 0 atom stereocenters. The Morgan fingerprint density at radius 1 is 1.42 bits per heavy atom. The van der Waals surface area contributed by atoms with E-state index in [2.05, 4.69) is 37.1 Å². The molecular weight excluding hydrogens is 306 g/mol. The van der Waals surface area contributed by atoms with Crippen molar-refractivity contribution < 1.29 is 4.74 Å². The van der Waals surface area contributed by atoms with Crippen LogP contribution in [0.4, 0.5) is 0 Å². The van der Waals surface area contributed by atoms with Crippen molar-refractivity contribution in [3.63, 3.8) is 0 Å². The summed E-state index contributed by atoms with van der Waals surface area (Å²) in [5, 5.41) is 3.30. The van der Waals surface area contributed by atoms with Gasteiger partial charge in [-0.1, -0.05) is 21.9 Å². The summed E-state index contributed by atoms with van der Waals surface area (Å²) in [6.45, 7) is 1.63. The maximum Gasteiger partial charge on any atom is 0.148 e. The van der Waals surface area contributed by atoms with Gasteiger partial charge in [0.15, 0.2) is 0 Å². The maximum absolute atomic E-state index is 5.51. The van der Waals surface area contributed by atoms with E-state index in [0.29, 0.717) is 13.1 Å². The topological polar surface area (TPSA) is 49.9 Å². The number of nitrogens with zero attached hydrogens (tertiary/aromatic N) is 1. The van der Waals surface area contributed by atoms with Gasteiger partial charge in [0.2, 0.25) is 0 Å². The van der Waals surface area contributed by atoms with Crippen LogP contribution >= 0.6 is 15.9 Å². The molecule has 0 bridgehead atoms. The highest BCUT2D eigenvalue weighted by Crippen LogP contribution is 2.23. The Hall–Kier alpha value is -1.77. The summed E-state index contributed by atoms with van der Waals surface area (Å²) < 4.78 is 6.52. The van der Waals surface area contributed by atoms with Crippen molar-refractivity contribution >= 4 is 15.9 Å². The molecule has 1 heterocycles. The molecule has 2 N–H and O–H groups in total. The molecule has 0 aliphatic rings. The largest absolute Gasteiger partial charge is 0.481 e. The van der Waals surface area contributed by atoms with Crippen molar-refractivity contribution in [2.24, 2.45) is 0 Å². The molecule has 2 aromatic rings. The van der Waals surface area contributed by atoms with Crippen LogP contribution in [0.5, 0.6) is 5.75 Å². The van der Waals surface area contributed by atoms with Crippen LogP contribution in [-0.4, -0.2) is 16.6 Å². The standard InChI is InChI=1S/C14H14BrN3O/c1-2-7-19-13-4-3-12(15)8-11(13)9-16-10-14-17-5-6-18-14/h1,3-6,8,16H,7,9-10H2,(H,17,18). The minimum atomic E-state index is 0.271. The first kappa shape index (κ1) is 13.7. The lowest BCUT2D eigenvalue weighted by atomic mass is 10.2. The predicted molar refractivity (Wildman–Crippen MR) is 77.6 cm³/mol. The molecule has 0 radical (unpaired) electrons. The minimum absolute atomic E-state index is 0.271. The molecule has 2 rings (SSSR count). The Bertz CT molecular complexity index is 561. The zero-order chi connectivity index (χ0) is 13.5. The molecule has 0 amide bonds. The number of benzene rings is 1. The van der Waals surface area contributed by atoms with Gasteiger partial charge in [-0.3, -0.25) is 0 Å². The molecule has 0 fully saturated rings. The Kier molecular flexibility index (Phi) is 5.01. The van der Waals surface area contributed by atoms with Crippen LogP contribution in [0.25, 0.3) is 0 Å². The summed E-state index contributed by atoms with van der Waals surface area (Å²) in [5.41, 5.74) is 1.05. The van der Waals surface area contributed by atoms with E-state index in [1.54, 1.807) is 12.4 Å². The monoisotopic (exact) mass is 319 g/mol. The molecule has 0 aliphatic heterocycles. The number of hydrogen-bond donors (Lipinski definition) is 2. The van der Waals surface area contributed by atoms with Gasteiger partial charge in [0.1, 0.15) is 18.2 Å². The van der Waals surface area contributed by atoms with Crippen molar-refractivity contribution in [3.8, 4) is 18.1 Å². The van der Waals surface area contributed by atoms with Crippen molar-refractivity contribution in [1.82, 2.24) is 15.3 Å². The van der Waals surface area contributed by atoms with Crippen molar-refractivity contribution in [2.75, 3.05) is 6.61 Å². The third-order valence-electron chi connectivity index (χ3n) is 2.50. The number of imidazole rings is 1. The summed E-state index contributed by atoms with van der Waals surface area (Å²) in [6, 6.07) is 5.86. The minimum Gasteiger partial charge on any atom is -0.481 e. The first-order valence-corrected chi connectivity index (χ1v) is 6.62. The van der Waals surface area contributed by atoms with Crippen LogP contribution in [0.1, 0.15) is 11.4 Å². The fraction of sp³-hybridized carbons (Fsp3) is 0.214. The van der Waals surface area contributed by atoms with Gasteiger partial charge in [0, 0.05) is 29.0 Å². The smallest absolute Gasteiger partial charge is 0.148 e. The van der Waals surface area contributed by atoms with E-state index < -0.39 is 0 Å². The van der Waals surface area contributed by atoms with E-state index in [9.17, 15) is 0 Å². The van der Waals surface area contributed by atoms with Crippen molar-refractivity contribution in [2.45, 2.75) is 13.1 Å². The molecule has 1 aromatic carbocycles. The zero-order valence-electron chi connectivity index (χ0n) is 10.3. The molecule has 0 saturated heterocycles. The molecule has 5 heteroatoms. The fourth-order valence-electron chi connectivity index (χ4n) is 1.66.